The van der Waals surface area contributed by atoms with Crippen molar-refractivity contribution in [3.8, 4) is 11.5 Å². The van der Waals surface area contributed by atoms with Gasteiger partial charge in [0, 0.05) is 28.8 Å². The second kappa shape index (κ2) is 10.9. The molecule has 0 aromatic heterocycles. The van der Waals surface area contributed by atoms with Gasteiger partial charge in [0.25, 0.3) is 5.91 Å². The number of hydrogen-bond donors (Lipinski definition) is 1. The standard InChI is InChI=1S/C29H25BrN2O5/c30-21-11-13-22(14-12-21)32(29(35)24-8-3-6-20-5-1-2-7-23(20)24)16-15-31-17-18-36-28-25(31)9-4-10-26(28)37-19-27(33)34/h1-14H,15-19H2,(H,33,34). The van der Waals surface area contributed by atoms with Crippen molar-refractivity contribution in [2.75, 3.05) is 42.6 Å². The second-order valence-corrected chi connectivity index (χ2v) is 9.50. The molecule has 0 bridgehead atoms. The first-order valence-electron chi connectivity index (χ1n) is 11.9. The zero-order valence-electron chi connectivity index (χ0n) is 20.0. The van der Waals surface area contributed by atoms with Gasteiger partial charge in [-0.2, -0.15) is 0 Å². The molecule has 8 heteroatoms. The molecule has 5 rings (SSSR count). The van der Waals surface area contributed by atoms with Crippen LogP contribution < -0.4 is 19.3 Å². The van der Waals surface area contributed by atoms with Crippen LogP contribution in [0.5, 0.6) is 11.5 Å². The highest BCUT2D eigenvalue weighted by atomic mass is 79.9. The van der Waals surface area contributed by atoms with Gasteiger partial charge in [-0.25, -0.2) is 4.79 Å². The summed E-state index contributed by atoms with van der Waals surface area (Å²) in [6, 6.07) is 26.8. The summed E-state index contributed by atoms with van der Waals surface area (Å²) in [6.45, 7) is 1.59. The Morgan fingerprint density at radius 2 is 1.73 bits per heavy atom. The quantitative estimate of drug-likeness (QED) is 0.301. The van der Waals surface area contributed by atoms with Crippen LogP contribution >= 0.6 is 15.9 Å². The van der Waals surface area contributed by atoms with Gasteiger partial charge in [0.15, 0.2) is 18.1 Å². The molecule has 7 nitrogen and oxygen atoms in total. The lowest BCUT2D eigenvalue weighted by Gasteiger charge is -2.34. The summed E-state index contributed by atoms with van der Waals surface area (Å²) in [7, 11) is 0. The highest BCUT2D eigenvalue weighted by Gasteiger charge is 2.25. The van der Waals surface area contributed by atoms with Gasteiger partial charge in [-0.15, -0.1) is 0 Å². The van der Waals surface area contributed by atoms with Gasteiger partial charge in [0.05, 0.1) is 12.2 Å². The van der Waals surface area contributed by atoms with Gasteiger partial charge in [-0.1, -0.05) is 58.4 Å². The molecule has 0 aliphatic carbocycles. The summed E-state index contributed by atoms with van der Waals surface area (Å²) < 4.78 is 12.2. The molecule has 0 fully saturated rings. The predicted molar refractivity (Wildman–Crippen MR) is 147 cm³/mol. The SMILES string of the molecule is O=C(O)COc1cccc2c1OCCN2CCN(C(=O)c1cccc2ccccc12)c1ccc(Br)cc1. The van der Waals surface area contributed by atoms with E-state index in [9.17, 15) is 9.59 Å². The predicted octanol–water partition coefficient (Wildman–Crippen LogP) is 5.61. The smallest absolute Gasteiger partial charge is 0.341 e. The van der Waals surface area contributed by atoms with E-state index in [2.05, 4.69) is 20.8 Å². The minimum Gasteiger partial charge on any atom is -0.486 e. The van der Waals surface area contributed by atoms with Crippen molar-refractivity contribution in [1.29, 1.82) is 0 Å². The van der Waals surface area contributed by atoms with Crippen LogP contribution in [0.25, 0.3) is 10.8 Å². The van der Waals surface area contributed by atoms with E-state index < -0.39 is 12.6 Å². The first kappa shape index (κ1) is 24.6. The van der Waals surface area contributed by atoms with Crippen LogP contribution in [0, 0.1) is 0 Å². The van der Waals surface area contributed by atoms with Crippen molar-refractivity contribution < 1.29 is 24.2 Å². The molecule has 1 N–H and O–H groups in total. The maximum atomic E-state index is 14.0. The van der Waals surface area contributed by atoms with Crippen LogP contribution in [0.1, 0.15) is 10.4 Å². The Kier molecular flexibility index (Phi) is 7.28. The van der Waals surface area contributed by atoms with Crippen molar-refractivity contribution in [1.82, 2.24) is 0 Å². The normalized spacial score (nSPS) is 12.5. The molecule has 0 saturated carbocycles. The number of rotatable bonds is 8. The molecular formula is C29H25BrN2O5. The van der Waals surface area contributed by atoms with Gasteiger partial charge in [-0.3, -0.25) is 4.79 Å². The van der Waals surface area contributed by atoms with Gasteiger partial charge in [0.1, 0.15) is 6.61 Å². The van der Waals surface area contributed by atoms with Crippen molar-refractivity contribution in [3.05, 3.63) is 95.0 Å². The van der Waals surface area contributed by atoms with E-state index in [4.69, 9.17) is 14.6 Å². The molecule has 1 heterocycles. The molecule has 0 spiro atoms. The number of anilines is 2. The third kappa shape index (κ3) is 5.39. The maximum Gasteiger partial charge on any atom is 0.341 e. The van der Waals surface area contributed by atoms with Crippen LogP contribution in [0.2, 0.25) is 0 Å². The van der Waals surface area contributed by atoms with E-state index >= 15 is 0 Å². The molecule has 0 saturated heterocycles. The number of carbonyl (C=O) groups is 2. The first-order valence-corrected chi connectivity index (χ1v) is 12.7. The number of aliphatic carboxylic acids is 1. The number of fused-ring (bicyclic) bond motifs is 2. The minimum absolute atomic E-state index is 0.0776. The maximum absolute atomic E-state index is 14.0. The lowest BCUT2D eigenvalue weighted by molar-refractivity contribution is -0.139. The average Bonchev–Trinajstić information content (AvgIpc) is 2.92. The Balaban J connectivity index is 1.44. The fraction of sp³-hybridized carbons (Fsp3) is 0.172. The Labute approximate surface area is 223 Å². The summed E-state index contributed by atoms with van der Waals surface area (Å²) in [5.41, 5.74) is 2.25. The number of carboxylic acids is 1. The molecule has 37 heavy (non-hydrogen) atoms. The van der Waals surface area contributed by atoms with E-state index in [1.807, 2.05) is 78.9 Å². The van der Waals surface area contributed by atoms with Crippen molar-refractivity contribution in [2.24, 2.45) is 0 Å². The van der Waals surface area contributed by atoms with Gasteiger partial charge in [0.2, 0.25) is 0 Å². The number of ether oxygens (including phenoxy) is 2. The molecular weight excluding hydrogens is 536 g/mol. The summed E-state index contributed by atoms with van der Waals surface area (Å²) >= 11 is 3.48. The molecule has 4 aromatic carbocycles. The zero-order chi connectivity index (χ0) is 25.8. The highest BCUT2D eigenvalue weighted by Crippen LogP contribution is 2.40. The summed E-state index contributed by atoms with van der Waals surface area (Å²) in [6.07, 6.45) is 0. The topological polar surface area (TPSA) is 79.3 Å². The third-order valence-corrected chi connectivity index (χ3v) is 6.78. The van der Waals surface area contributed by atoms with E-state index in [0.717, 1.165) is 26.6 Å². The van der Waals surface area contributed by atoms with Crippen LogP contribution in [0.3, 0.4) is 0 Å². The number of hydrogen-bond acceptors (Lipinski definition) is 5. The molecule has 0 atom stereocenters. The van der Waals surface area contributed by atoms with E-state index in [0.29, 0.717) is 43.3 Å². The summed E-state index contributed by atoms with van der Waals surface area (Å²) in [4.78, 5) is 28.9. The summed E-state index contributed by atoms with van der Waals surface area (Å²) in [5.74, 6) is -0.222. The third-order valence-electron chi connectivity index (χ3n) is 6.25. The Bertz CT molecular complexity index is 1430. The Morgan fingerprint density at radius 3 is 2.54 bits per heavy atom. The van der Waals surface area contributed by atoms with Gasteiger partial charge < -0.3 is 24.4 Å². The lowest BCUT2D eigenvalue weighted by atomic mass is 10.0. The van der Waals surface area contributed by atoms with E-state index in [-0.39, 0.29) is 5.91 Å². The Hall–Kier alpha value is -4.04. The van der Waals surface area contributed by atoms with Crippen LogP contribution in [0.15, 0.2) is 89.4 Å². The number of halogens is 1. The molecule has 0 unspecified atom stereocenters. The van der Waals surface area contributed by atoms with Crippen molar-refractivity contribution in [3.63, 3.8) is 0 Å². The molecule has 4 aromatic rings. The minimum atomic E-state index is -1.05. The van der Waals surface area contributed by atoms with Crippen molar-refractivity contribution >= 4 is 50.0 Å². The monoisotopic (exact) mass is 560 g/mol. The fourth-order valence-corrected chi connectivity index (χ4v) is 4.77. The number of amides is 1. The lowest BCUT2D eigenvalue weighted by Crippen LogP contribution is -2.42. The fourth-order valence-electron chi connectivity index (χ4n) is 4.51. The number of carbonyl (C=O) groups excluding carboxylic acids is 1. The van der Waals surface area contributed by atoms with E-state index in [1.165, 1.54) is 0 Å². The zero-order valence-corrected chi connectivity index (χ0v) is 21.6. The molecule has 1 aliphatic rings. The van der Waals surface area contributed by atoms with Crippen LogP contribution in [0.4, 0.5) is 11.4 Å². The van der Waals surface area contributed by atoms with Gasteiger partial charge in [-0.05, 0) is 53.2 Å². The molecule has 0 radical (unpaired) electrons. The largest absolute Gasteiger partial charge is 0.486 e. The van der Waals surface area contributed by atoms with Gasteiger partial charge >= 0.3 is 5.97 Å². The van der Waals surface area contributed by atoms with Crippen molar-refractivity contribution in [2.45, 2.75) is 0 Å². The highest BCUT2D eigenvalue weighted by molar-refractivity contribution is 9.10. The molecule has 1 aliphatic heterocycles. The first-order chi connectivity index (χ1) is 18.0. The summed E-state index contributed by atoms with van der Waals surface area (Å²) in [5, 5.41) is 10.9. The molecule has 1 amide bonds. The Morgan fingerprint density at radius 1 is 0.973 bits per heavy atom. The number of benzene rings is 4. The number of nitrogens with zero attached hydrogens (tertiary/aromatic N) is 2. The van der Waals surface area contributed by atoms with E-state index in [1.54, 1.807) is 11.0 Å². The average molecular weight is 561 g/mol. The van der Waals surface area contributed by atoms with Crippen LogP contribution in [-0.4, -0.2) is 49.8 Å². The van der Waals surface area contributed by atoms with Crippen LogP contribution in [-0.2, 0) is 4.79 Å². The number of carboxylic acid groups (broad SMARTS) is 1. The second-order valence-electron chi connectivity index (χ2n) is 8.58. The number of para-hydroxylation sites is 1. The molecule has 188 valence electrons.